The minimum atomic E-state index is -1.18. The van der Waals surface area contributed by atoms with Gasteiger partial charge in [0.25, 0.3) is 0 Å². The Morgan fingerprint density at radius 3 is 2.58 bits per heavy atom. The summed E-state index contributed by atoms with van der Waals surface area (Å²) in [5, 5.41) is 7.26. The maximum absolute atomic E-state index is 13.7. The molecular formula is C24H18BrClFN3O2S. The second kappa shape index (κ2) is 8.27. The average molecular weight is 547 g/mol. The minimum absolute atomic E-state index is 0.252. The predicted molar refractivity (Wildman–Crippen MR) is 134 cm³/mol. The molecule has 0 spiro atoms. The van der Waals surface area contributed by atoms with Gasteiger partial charge in [0.15, 0.2) is 10.8 Å². The van der Waals surface area contributed by atoms with Crippen LogP contribution < -0.4 is 20.3 Å². The number of amides is 1. The van der Waals surface area contributed by atoms with Crippen molar-refractivity contribution in [3.63, 3.8) is 0 Å². The van der Waals surface area contributed by atoms with Crippen LogP contribution in [0.25, 0.3) is 0 Å². The van der Waals surface area contributed by atoms with Gasteiger partial charge in [-0.1, -0.05) is 27.5 Å². The smallest absolute Gasteiger partial charge is 0.236 e. The zero-order valence-corrected chi connectivity index (χ0v) is 20.5. The van der Waals surface area contributed by atoms with Crippen molar-refractivity contribution in [1.82, 2.24) is 5.32 Å². The van der Waals surface area contributed by atoms with Gasteiger partial charge in [-0.15, -0.1) is 0 Å². The highest BCUT2D eigenvalue weighted by molar-refractivity contribution is 9.10. The molecule has 0 radical (unpaired) electrons. The van der Waals surface area contributed by atoms with Gasteiger partial charge in [-0.2, -0.15) is 0 Å². The topological polar surface area (TPSA) is 53.6 Å². The Labute approximate surface area is 209 Å². The van der Waals surface area contributed by atoms with E-state index in [4.69, 9.17) is 28.6 Å². The van der Waals surface area contributed by atoms with E-state index >= 15 is 0 Å². The molecule has 0 aromatic heterocycles. The molecular weight excluding hydrogens is 529 g/mol. The summed E-state index contributed by atoms with van der Waals surface area (Å²) in [5.41, 5.74) is 0.864. The van der Waals surface area contributed by atoms with Crippen LogP contribution in [-0.2, 0) is 4.79 Å². The molecule has 1 saturated heterocycles. The highest BCUT2D eigenvalue weighted by Crippen LogP contribution is 2.50. The Bertz CT molecular complexity index is 1260. The molecule has 1 amide bonds. The number of nitrogens with zero attached hydrogens (tertiary/aromatic N) is 1. The summed E-state index contributed by atoms with van der Waals surface area (Å²) in [4.78, 5) is 15.4. The number of carbonyl (C=O) groups is 1. The SMILES string of the molecule is C[C@@]12Oc3ccc(Br)cc3[C@@H](NC(=S)N1c1ccc(F)cc1)[C@H]2C(=O)Nc1ccc(Cl)cc1. The first kappa shape index (κ1) is 22.1. The van der Waals surface area contributed by atoms with Gasteiger partial charge in [0.05, 0.1) is 6.04 Å². The van der Waals surface area contributed by atoms with Crippen LogP contribution in [0.2, 0.25) is 5.02 Å². The molecule has 2 bridgehead atoms. The summed E-state index contributed by atoms with van der Waals surface area (Å²) in [7, 11) is 0. The van der Waals surface area contributed by atoms with E-state index in [-0.39, 0.29) is 11.7 Å². The number of carbonyl (C=O) groups excluding carboxylic acids is 1. The van der Waals surface area contributed by atoms with Gasteiger partial charge in [-0.25, -0.2) is 4.39 Å². The summed E-state index contributed by atoms with van der Waals surface area (Å²) >= 11 is 15.2. The lowest BCUT2D eigenvalue weighted by Crippen LogP contribution is -2.72. The molecule has 168 valence electrons. The fourth-order valence-electron chi connectivity index (χ4n) is 4.49. The average Bonchev–Trinajstić information content (AvgIpc) is 2.77. The molecule has 3 aromatic carbocycles. The number of benzene rings is 3. The van der Waals surface area contributed by atoms with Crippen LogP contribution in [0.4, 0.5) is 15.8 Å². The van der Waals surface area contributed by atoms with Crippen molar-refractivity contribution in [2.75, 3.05) is 10.2 Å². The van der Waals surface area contributed by atoms with Crippen molar-refractivity contribution in [2.45, 2.75) is 18.7 Å². The van der Waals surface area contributed by atoms with Gasteiger partial charge in [-0.05, 0) is 85.9 Å². The van der Waals surface area contributed by atoms with E-state index in [0.29, 0.717) is 27.3 Å². The quantitative estimate of drug-likeness (QED) is 0.392. The van der Waals surface area contributed by atoms with Crippen LogP contribution in [0, 0.1) is 11.7 Å². The zero-order chi connectivity index (χ0) is 23.3. The van der Waals surface area contributed by atoms with E-state index in [1.54, 1.807) is 41.3 Å². The summed E-state index contributed by atoms with van der Waals surface area (Å²) < 4.78 is 21.0. The summed E-state index contributed by atoms with van der Waals surface area (Å²) in [6.07, 6.45) is 0. The highest BCUT2D eigenvalue weighted by Gasteiger charge is 2.59. The van der Waals surface area contributed by atoms with E-state index in [0.717, 1.165) is 10.0 Å². The van der Waals surface area contributed by atoms with Crippen LogP contribution in [0.5, 0.6) is 5.75 Å². The molecule has 3 atom stereocenters. The van der Waals surface area contributed by atoms with Crippen LogP contribution in [0.1, 0.15) is 18.5 Å². The lowest BCUT2D eigenvalue weighted by Gasteiger charge is -2.56. The third-order valence-corrected chi connectivity index (χ3v) is 6.98. The number of ether oxygens (including phenoxy) is 1. The molecule has 1 fully saturated rings. The lowest BCUT2D eigenvalue weighted by atomic mass is 9.78. The largest absolute Gasteiger partial charge is 0.467 e. The summed E-state index contributed by atoms with van der Waals surface area (Å²) in [6, 6.07) is 18.1. The monoisotopic (exact) mass is 545 g/mol. The van der Waals surface area contributed by atoms with Gasteiger partial charge in [0, 0.05) is 26.4 Å². The Morgan fingerprint density at radius 2 is 1.88 bits per heavy atom. The molecule has 2 heterocycles. The maximum atomic E-state index is 13.7. The second-order valence-corrected chi connectivity index (χ2v) is 9.79. The van der Waals surface area contributed by atoms with Crippen LogP contribution in [0.3, 0.4) is 0 Å². The molecule has 0 saturated carbocycles. The van der Waals surface area contributed by atoms with E-state index in [1.165, 1.54) is 12.1 Å². The highest BCUT2D eigenvalue weighted by atomic mass is 79.9. The Kier molecular flexibility index (Phi) is 5.55. The number of anilines is 2. The van der Waals surface area contributed by atoms with Crippen molar-refractivity contribution in [3.8, 4) is 5.75 Å². The molecule has 0 aliphatic carbocycles. The number of thiocarbonyl (C=S) groups is 1. The molecule has 2 N–H and O–H groups in total. The van der Waals surface area contributed by atoms with Crippen molar-refractivity contribution in [3.05, 3.63) is 87.6 Å². The predicted octanol–water partition coefficient (Wildman–Crippen LogP) is 6.04. The first-order valence-electron chi connectivity index (χ1n) is 10.2. The maximum Gasteiger partial charge on any atom is 0.236 e. The second-order valence-electron chi connectivity index (χ2n) is 8.05. The van der Waals surface area contributed by atoms with E-state index in [9.17, 15) is 9.18 Å². The lowest BCUT2D eigenvalue weighted by molar-refractivity contribution is -0.130. The Hall–Kier alpha value is -2.68. The number of nitrogens with one attached hydrogen (secondary N) is 2. The van der Waals surface area contributed by atoms with Crippen molar-refractivity contribution in [2.24, 2.45) is 5.92 Å². The van der Waals surface area contributed by atoms with Gasteiger partial charge in [0.1, 0.15) is 17.5 Å². The van der Waals surface area contributed by atoms with Crippen LogP contribution in [-0.4, -0.2) is 16.7 Å². The van der Waals surface area contributed by atoms with Gasteiger partial charge < -0.3 is 15.4 Å². The Morgan fingerprint density at radius 1 is 1.18 bits per heavy atom. The normalized spacial score (nSPS) is 23.3. The number of hydrogen-bond acceptors (Lipinski definition) is 3. The van der Waals surface area contributed by atoms with Gasteiger partial charge >= 0.3 is 0 Å². The first-order valence-corrected chi connectivity index (χ1v) is 11.8. The van der Waals surface area contributed by atoms with Crippen LogP contribution >= 0.6 is 39.7 Å². The third-order valence-electron chi connectivity index (χ3n) is 5.94. The number of rotatable bonds is 3. The zero-order valence-electron chi connectivity index (χ0n) is 17.3. The van der Waals surface area contributed by atoms with Crippen molar-refractivity contribution in [1.29, 1.82) is 0 Å². The van der Waals surface area contributed by atoms with Crippen molar-refractivity contribution < 1.29 is 13.9 Å². The summed E-state index contributed by atoms with van der Waals surface area (Å²) in [6.45, 7) is 1.83. The number of fused-ring (bicyclic) bond motifs is 4. The van der Waals surface area contributed by atoms with Gasteiger partial charge in [-0.3, -0.25) is 9.69 Å². The third kappa shape index (κ3) is 3.86. The van der Waals surface area contributed by atoms with Crippen molar-refractivity contribution >= 4 is 62.1 Å². The van der Waals surface area contributed by atoms with Crippen LogP contribution in [0.15, 0.2) is 71.2 Å². The number of halogens is 3. The molecule has 2 aliphatic rings. The molecule has 3 aromatic rings. The fraction of sp³-hybridized carbons (Fsp3) is 0.167. The summed E-state index contributed by atoms with van der Waals surface area (Å²) in [5.74, 6) is -0.679. The first-order chi connectivity index (χ1) is 15.8. The standard InChI is InChI=1S/C24H18BrClFN3O2S/c1-24-20(22(31)28-16-7-3-14(26)4-8-16)21(18-12-13(25)2-11-19(18)32-24)29-23(33)30(24)17-9-5-15(27)6-10-17/h2-12,20-21H,1H3,(H,28,31)(H,29,33)/t20-,21+,24-/m0/s1. The minimum Gasteiger partial charge on any atom is -0.467 e. The molecule has 2 aliphatic heterocycles. The van der Waals surface area contributed by atoms with Gasteiger partial charge in [0.2, 0.25) is 5.91 Å². The molecule has 9 heteroatoms. The number of hydrogen-bond donors (Lipinski definition) is 2. The van der Waals surface area contributed by atoms with E-state index in [1.807, 2.05) is 25.1 Å². The fourth-order valence-corrected chi connectivity index (χ4v) is 5.41. The Balaban J connectivity index is 1.62. The molecule has 5 nitrogen and oxygen atoms in total. The molecule has 5 rings (SSSR count). The van der Waals surface area contributed by atoms with E-state index < -0.39 is 17.7 Å². The molecule has 0 unspecified atom stereocenters. The van der Waals surface area contributed by atoms with E-state index in [2.05, 4.69) is 26.6 Å². The molecule has 33 heavy (non-hydrogen) atoms.